The first-order valence-electron chi connectivity index (χ1n) is 14.0. The van der Waals surface area contributed by atoms with E-state index in [-0.39, 0.29) is 18.2 Å². The van der Waals surface area contributed by atoms with Gasteiger partial charge in [-0.3, -0.25) is 4.98 Å². The number of likely N-dealkylation sites (tertiary alicyclic amines) is 1. The van der Waals surface area contributed by atoms with Crippen LogP contribution in [0.1, 0.15) is 73.6 Å². The molecule has 1 aromatic carbocycles. The number of rotatable bonds is 4. The molecule has 1 fully saturated rings. The number of nitrogens with zero attached hydrogens (tertiary/aromatic N) is 3. The van der Waals surface area contributed by atoms with Crippen LogP contribution in [0.3, 0.4) is 0 Å². The first-order chi connectivity index (χ1) is 18.8. The van der Waals surface area contributed by atoms with Crippen LogP contribution in [0, 0.1) is 6.92 Å². The van der Waals surface area contributed by atoms with E-state index in [9.17, 15) is 4.79 Å². The number of H-pyrrole nitrogens is 1. The van der Waals surface area contributed by atoms with Gasteiger partial charge in [0.25, 0.3) is 0 Å². The SMILES string of the molecule is Cc1c[nH]c2ncc(-c3cc4c(c([C@@H]5CCCN5C(=O)OC(C)(C)C)c3)C(Cc3ccccn3)NCC4)cc12. The van der Waals surface area contributed by atoms with Crippen LogP contribution < -0.4 is 5.32 Å². The van der Waals surface area contributed by atoms with Crippen molar-refractivity contribution in [3.8, 4) is 11.1 Å². The van der Waals surface area contributed by atoms with E-state index >= 15 is 0 Å². The van der Waals surface area contributed by atoms with Gasteiger partial charge in [-0.1, -0.05) is 12.1 Å². The second-order valence-corrected chi connectivity index (χ2v) is 11.8. The maximum absolute atomic E-state index is 13.4. The Morgan fingerprint density at radius 1 is 1.15 bits per heavy atom. The van der Waals surface area contributed by atoms with Crippen molar-refractivity contribution in [1.29, 1.82) is 0 Å². The summed E-state index contributed by atoms with van der Waals surface area (Å²) in [7, 11) is 0. The van der Waals surface area contributed by atoms with Gasteiger partial charge in [-0.25, -0.2) is 9.78 Å². The van der Waals surface area contributed by atoms with Crippen LogP contribution in [0.15, 0.2) is 55.0 Å². The second-order valence-electron chi connectivity index (χ2n) is 11.8. The number of aromatic nitrogens is 3. The lowest BCUT2D eigenvalue weighted by atomic mass is 9.82. The number of pyridine rings is 2. The van der Waals surface area contributed by atoms with Crippen LogP contribution in [0.25, 0.3) is 22.2 Å². The topological polar surface area (TPSA) is 83.1 Å². The van der Waals surface area contributed by atoms with Gasteiger partial charge < -0.3 is 19.9 Å². The summed E-state index contributed by atoms with van der Waals surface area (Å²) in [6.07, 6.45) is 9.19. The standard InChI is InChI=1S/C32H37N5O2/c1-20-18-35-30-25(20)16-23(19-36-30)22-14-21-10-12-34-27(17-24-8-5-6-11-33-24)29(21)26(15-22)28-9-7-13-37(28)31(38)39-32(2,3)4/h5-6,8,11,14-16,18-19,27-28,34H,7,9-10,12-13,17H2,1-4H3,(H,35,36)/t27?,28-/m0/s1. The summed E-state index contributed by atoms with van der Waals surface area (Å²) < 4.78 is 5.86. The van der Waals surface area contributed by atoms with Crippen molar-refractivity contribution in [3.05, 3.63) is 82.9 Å². The van der Waals surface area contributed by atoms with Crippen LogP contribution in [0.4, 0.5) is 4.79 Å². The Labute approximate surface area is 230 Å². The fourth-order valence-electron chi connectivity index (χ4n) is 6.12. The Morgan fingerprint density at radius 2 is 2.03 bits per heavy atom. The summed E-state index contributed by atoms with van der Waals surface area (Å²) in [5, 5.41) is 4.90. The third-order valence-corrected chi connectivity index (χ3v) is 7.88. The fourth-order valence-corrected chi connectivity index (χ4v) is 6.12. The van der Waals surface area contributed by atoms with Crippen LogP contribution in [0.5, 0.6) is 0 Å². The molecule has 0 saturated carbocycles. The van der Waals surface area contributed by atoms with E-state index in [2.05, 4.69) is 46.5 Å². The van der Waals surface area contributed by atoms with Gasteiger partial charge in [-0.05, 0) is 106 Å². The Balaban J connectivity index is 1.47. The minimum absolute atomic E-state index is 0.0367. The minimum Gasteiger partial charge on any atom is -0.444 e. The summed E-state index contributed by atoms with van der Waals surface area (Å²) >= 11 is 0. The monoisotopic (exact) mass is 523 g/mol. The molecule has 2 N–H and O–H groups in total. The number of aryl methyl sites for hydroxylation is 1. The van der Waals surface area contributed by atoms with E-state index in [1.165, 1.54) is 22.3 Å². The van der Waals surface area contributed by atoms with Gasteiger partial charge in [0.1, 0.15) is 11.2 Å². The predicted octanol–water partition coefficient (Wildman–Crippen LogP) is 6.43. The average Bonchev–Trinajstić information content (AvgIpc) is 3.55. The first kappa shape index (κ1) is 25.6. The highest BCUT2D eigenvalue weighted by Gasteiger charge is 2.37. The number of carbonyl (C=O) groups is 1. The average molecular weight is 524 g/mol. The Bertz CT molecular complexity index is 1500. The lowest BCUT2D eigenvalue weighted by molar-refractivity contribution is 0.0223. The summed E-state index contributed by atoms with van der Waals surface area (Å²) in [6, 6.07) is 13.0. The number of ether oxygens (including phenoxy) is 1. The van der Waals surface area contributed by atoms with Crippen molar-refractivity contribution in [1.82, 2.24) is 25.2 Å². The quantitative estimate of drug-likeness (QED) is 0.322. The van der Waals surface area contributed by atoms with Crippen molar-refractivity contribution >= 4 is 17.1 Å². The van der Waals surface area contributed by atoms with Crippen LogP contribution >= 0.6 is 0 Å². The molecule has 1 unspecified atom stereocenters. The third-order valence-electron chi connectivity index (χ3n) is 7.88. The number of nitrogens with one attached hydrogen (secondary N) is 2. The molecule has 5 heterocycles. The van der Waals surface area contributed by atoms with E-state index in [0.717, 1.165) is 60.1 Å². The normalized spacial score (nSPS) is 19.3. The van der Waals surface area contributed by atoms with E-state index in [1.54, 1.807) is 0 Å². The van der Waals surface area contributed by atoms with Crippen LogP contribution in [-0.2, 0) is 17.6 Å². The van der Waals surface area contributed by atoms with Gasteiger partial charge in [0.05, 0.1) is 6.04 Å². The number of hydrogen-bond acceptors (Lipinski definition) is 5. The van der Waals surface area contributed by atoms with Gasteiger partial charge in [-0.15, -0.1) is 0 Å². The molecule has 39 heavy (non-hydrogen) atoms. The van der Waals surface area contributed by atoms with Crippen molar-refractivity contribution in [2.24, 2.45) is 0 Å². The fraction of sp³-hybridized carbons (Fsp3) is 0.406. The Morgan fingerprint density at radius 3 is 2.82 bits per heavy atom. The third kappa shape index (κ3) is 5.15. The molecule has 7 heteroatoms. The van der Waals surface area contributed by atoms with Gasteiger partial charge in [0, 0.05) is 54.2 Å². The smallest absolute Gasteiger partial charge is 0.410 e. The second kappa shape index (κ2) is 10.1. The van der Waals surface area contributed by atoms with Crippen molar-refractivity contribution in [2.45, 2.75) is 71.1 Å². The molecule has 3 aromatic heterocycles. The number of benzene rings is 1. The number of hydrogen-bond donors (Lipinski definition) is 2. The zero-order valence-corrected chi connectivity index (χ0v) is 23.3. The van der Waals surface area contributed by atoms with Gasteiger partial charge in [0.15, 0.2) is 0 Å². The van der Waals surface area contributed by atoms with E-state index in [1.807, 2.05) is 56.4 Å². The van der Waals surface area contributed by atoms with Crippen LogP contribution in [-0.4, -0.2) is 44.6 Å². The molecule has 2 aliphatic rings. The lowest BCUT2D eigenvalue weighted by Gasteiger charge is -2.35. The molecule has 202 valence electrons. The van der Waals surface area contributed by atoms with Gasteiger partial charge >= 0.3 is 6.09 Å². The lowest BCUT2D eigenvalue weighted by Crippen LogP contribution is -2.38. The maximum atomic E-state index is 13.4. The first-order valence-corrected chi connectivity index (χ1v) is 14.0. The molecular formula is C32H37N5O2. The highest BCUT2D eigenvalue weighted by molar-refractivity contribution is 5.84. The summed E-state index contributed by atoms with van der Waals surface area (Å²) in [5.74, 6) is 0. The molecular weight excluding hydrogens is 486 g/mol. The van der Waals surface area contributed by atoms with Crippen molar-refractivity contribution in [3.63, 3.8) is 0 Å². The molecule has 2 aliphatic heterocycles. The number of aromatic amines is 1. The van der Waals surface area contributed by atoms with E-state index in [0.29, 0.717) is 6.54 Å². The molecule has 0 spiro atoms. The Hall–Kier alpha value is -3.71. The highest BCUT2D eigenvalue weighted by atomic mass is 16.6. The molecule has 1 amide bonds. The van der Waals surface area contributed by atoms with Crippen molar-refractivity contribution < 1.29 is 9.53 Å². The van der Waals surface area contributed by atoms with E-state index < -0.39 is 5.60 Å². The maximum Gasteiger partial charge on any atom is 0.410 e. The Kier molecular flexibility index (Phi) is 6.63. The van der Waals surface area contributed by atoms with Crippen molar-refractivity contribution in [2.75, 3.05) is 13.1 Å². The summed E-state index contributed by atoms with van der Waals surface area (Å²) in [4.78, 5) is 27.9. The number of amides is 1. The zero-order chi connectivity index (χ0) is 27.1. The molecule has 7 nitrogen and oxygen atoms in total. The predicted molar refractivity (Wildman–Crippen MR) is 154 cm³/mol. The van der Waals surface area contributed by atoms with Gasteiger partial charge in [0.2, 0.25) is 0 Å². The summed E-state index contributed by atoms with van der Waals surface area (Å²) in [6.45, 7) is 9.50. The van der Waals surface area contributed by atoms with Gasteiger partial charge in [-0.2, -0.15) is 0 Å². The highest BCUT2D eigenvalue weighted by Crippen LogP contribution is 2.42. The molecule has 0 bridgehead atoms. The largest absolute Gasteiger partial charge is 0.444 e. The van der Waals surface area contributed by atoms with Crippen LogP contribution in [0.2, 0.25) is 0 Å². The molecule has 6 rings (SSSR count). The summed E-state index contributed by atoms with van der Waals surface area (Å²) in [5.41, 5.74) is 8.71. The minimum atomic E-state index is -0.538. The molecule has 0 radical (unpaired) electrons. The van der Waals surface area contributed by atoms with E-state index in [4.69, 9.17) is 9.72 Å². The number of carbonyl (C=O) groups excluding carboxylic acids is 1. The zero-order valence-electron chi connectivity index (χ0n) is 23.3. The molecule has 4 aromatic rings. The number of fused-ring (bicyclic) bond motifs is 2. The molecule has 1 saturated heterocycles. The molecule has 2 atom stereocenters. The molecule has 0 aliphatic carbocycles.